The number of amides is 1. The minimum Gasteiger partial charge on any atom is -0.453 e. The maximum atomic E-state index is 16.6. The average molecular weight is 714 g/mol. The first-order valence-electron chi connectivity index (χ1n) is 15.9. The minimum absolute atomic E-state index is 0.00437. The van der Waals surface area contributed by atoms with Gasteiger partial charge in [0.15, 0.2) is 12.4 Å². The minimum atomic E-state index is -3.94. The molecule has 0 unspecified atom stereocenters. The number of carbonyl (C=O) groups excluding carboxylic acids is 1. The summed E-state index contributed by atoms with van der Waals surface area (Å²) in [6.45, 7) is 2.41. The van der Waals surface area contributed by atoms with Gasteiger partial charge in [0.1, 0.15) is 29.2 Å². The molecule has 1 amide bonds. The molecule has 2 fully saturated rings. The number of ether oxygens (including phenoxy) is 1. The fourth-order valence-electron chi connectivity index (χ4n) is 6.57. The number of benzene rings is 3. The number of nitrogens with one attached hydrogen (secondary N) is 2. The van der Waals surface area contributed by atoms with Gasteiger partial charge in [-0.2, -0.15) is 18.4 Å². The van der Waals surface area contributed by atoms with Crippen molar-refractivity contribution in [3.63, 3.8) is 0 Å². The standard InChI is InChI=1S/C34H29ClFN9O4S/c1-19-38-18-45(43-19)50(47,48)24-12-10-21(11-13-24)40-28(46)17-49-34-41-32-26(33(42-34)44-15-22-8-9-23(16-44)39-22)14-37-31(30(32)36)25-6-2-4-20-5-3-7-27(35)29(20)25/h2-7,10-14,18,22-23,39H,8-9,15-17H2,1H3,(H,40,46)/t22-,23+. The molecule has 3 aromatic heterocycles. The second-order valence-corrected chi connectivity index (χ2v) is 14.4. The average Bonchev–Trinajstić information content (AvgIpc) is 3.71. The number of anilines is 2. The number of fused-ring (bicyclic) bond motifs is 4. The molecule has 2 aliphatic heterocycles. The van der Waals surface area contributed by atoms with Crippen molar-refractivity contribution in [3.8, 4) is 17.3 Å². The van der Waals surface area contributed by atoms with E-state index < -0.39 is 28.4 Å². The van der Waals surface area contributed by atoms with Crippen LogP contribution in [-0.2, 0) is 14.8 Å². The Labute approximate surface area is 290 Å². The molecule has 2 saturated heterocycles. The van der Waals surface area contributed by atoms with Crippen LogP contribution in [0.25, 0.3) is 32.9 Å². The number of halogens is 2. The zero-order chi connectivity index (χ0) is 34.6. The summed E-state index contributed by atoms with van der Waals surface area (Å²) >= 11 is 6.57. The third kappa shape index (κ3) is 5.86. The quantitative estimate of drug-likeness (QED) is 0.225. The first-order valence-corrected chi connectivity index (χ1v) is 17.7. The van der Waals surface area contributed by atoms with Gasteiger partial charge in [0.25, 0.3) is 15.9 Å². The van der Waals surface area contributed by atoms with Crippen molar-refractivity contribution in [2.45, 2.75) is 36.7 Å². The Morgan fingerprint density at radius 3 is 2.50 bits per heavy atom. The smallest absolute Gasteiger partial charge is 0.319 e. The summed E-state index contributed by atoms with van der Waals surface area (Å²) in [5.74, 6) is -0.437. The van der Waals surface area contributed by atoms with Crippen molar-refractivity contribution >= 4 is 60.7 Å². The Balaban J connectivity index is 1.09. The van der Waals surface area contributed by atoms with E-state index in [1.807, 2.05) is 24.3 Å². The van der Waals surface area contributed by atoms with E-state index in [1.54, 1.807) is 25.3 Å². The predicted molar refractivity (Wildman–Crippen MR) is 185 cm³/mol. The molecule has 0 radical (unpaired) electrons. The lowest BCUT2D eigenvalue weighted by molar-refractivity contribution is -0.118. The molecule has 0 aliphatic carbocycles. The summed E-state index contributed by atoms with van der Waals surface area (Å²) in [6, 6.07) is 16.9. The van der Waals surface area contributed by atoms with Crippen LogP contribution < -0.4 is 20.3 Å². The Bertz CT molecular complexity index is 2390. The van der Waals surface area contributed by atoms with Gasteiger partial charge in [-0.05, 0) is 55.5 Å². The third-order valence-electron chi connectivity index (χ3n) is 8.87. The molecule has 2 aliphatic rings. The number of hydrogen-bond donors (Lipinski definition) is 2. The number of pyridine rings is 1. The van der Waals surface area contributed by atoms with E-state index in [0.29, 0.717) is 51.8 Å². The van der Waals surface area contributed by atoms with Crippen molar-refractivity contribution in [1.82, 2.24) is 34.4 Å². The van der Waals surface area contributed by atoms with Crippen LogP contribution >= 0.6 is 11.6 Å². The summed E-state index contributed by atoms with van der Waals surface area (Å²) in [5, 5.41) is 12.5. The van der Waals surface area contributed by atoms with E-state index in [9.17, 15) is 13.2 Å². The molecule has 3 aromatic carbocycles. The van der Waals surface area contributed by atoms with Crippen molar-refractivity contribution in [3.05, 3.63) is 89.9 Å². The Hall–Kier alpha value is -5.25. The molecule has 5 heterocycles. The second kappa shape index (κ2) is 12.6. The van der Waals surface area contributed by atoms with E-state index in [0.717, 1.165) is 28.6 Å². The molecule has 0 spiro atoms. The molecule has 254 valence electrons. The van der Waals surface area contributed by atoms with Gasteiger partial charge in [-0.25, -0.2) is 9.37 Å². The highest BCUT2D eigenvalue weighted by Gasteiger charge is 2.34. The van der Waals surface area contributed by atoms with Crippen LogP contribution in [0.1, 0.15) is 18.7 Å². The number of nitrogens with zero attached hydrogens (tertiary/aromatic N) is 7. The first-order chi connectivity index (χ1) is 24.1. The Morgan fingerprint density at radius 2 is 1.78 bits per heavy atom. The van der Waals surface area contributed by atoms with Gasteiger partial charge in [-0.3, -0.25) is 9.78 Å². The van der Waals surface area contributed by atoms with E-state index in [-0.39, 0.29) is 34.2 Å². The molecular weight excluding hydrogens is 685 g/mol. The van der Waals surface area contributed by atoms with Crippen molar-refractivity contribution in [2.24, 2.45) is 0 Å². The molecule has 2 bridgehead atoms. The highest BCUT2D eigenvalue weighted by Crippen LogP contribution is 2.38. The van der Waals surface area contributed by atoms with Gasteiger partial charge < -0.3 is 20.3 Å². The van der Waals surface area contributed by atoms with E-state index in [2.05, 4.69) is 40.6 Å². The number of hydrogen-bond acceptors (Lipinski definition) is 11. The summed E-state index contributed by atoms with van der Waals surface area (Å²) in [5.41, 5.74) is 0.934. The van der Waals surface area contributed by atoms with E-state index in [4.69, 9.17) is 16.3 Å². The highest BCUT2D eigenvalue weighted by molar-refractivity contribution is 7.89. The maximum absolute atomic E-state index is 16.6. The molecule has 6 aromatic rings. The lowest BCUT2D eigenvalue weighted by Crippen LogP contribution is -2.51. The van der Waals surface area contributed by atoms with E-state index >= 15 is 4.39 Å². The lowest BCUT2D eigenvalue weighted by Gasteiger charge is -2.34. The summed E-state index contributed by atoms with van der Waals surface area (Å²) in [6.07, 6.45) is 4.75. The van der Waals surface area contributed by atoms with Gasteiger partial charge >= 0.3 is 6.01 Å². The topological polar surface area (TPSA) is 157 Å². The molecule has 50 heavy (non-hydrogen) atoms. The fourth-order valence-corrected chi connectivity index (χ4v) is 7.94. The molecule has 13 nitrogen and oxygen atoms in total. The zero-order valence-corrected chi connectivity index (χ0v) is 28.1. The third-order valence-corrected chi connectivity index (χ3v) is 10.7. The molecule has 8 rings (SSSR count). The summed E-state index contributed by atoms with van der Waals surface area (Å²) in [4.78, 5) is 32.5. The summed E-state index contributed by atoms with van der Waals surface area (Å²) < 4.78 is 48.8. The van der Waals surface area contributed by atoms with Crippen LogP contribution in [0.5, 0.6) is 6.01 Å². The fraction of sp³-hybridized carbons (Fsp3) is 0.235. The van der Waals surface area contributed by atoms with Crippen LogP contribution in [0.3, 0.4) is 0 Å². The van der Waals surface area contributed by atoms with Crippen LogP contribution in [0.4, 0.5) is 15.9 Å². The van der Waals surface area contributed by atoms with Crippen LogP contribution in [0.15, 0.2) is 78.1 Å². The number of piperazine rings is 1. The van der Waals surface area contributed by atoms with Gasteiger partial charge in [0.05, 0.1) is 10.3 Å². The summed E-state index contributed by atoms with van der Waals surface area (Å²) in [7, 11) is -3.94. The number of aromatic nitrogens is 6. The van der Waals surface area contributed by atoms with Gasteiger partial charge in [-0.15, -0.1) is 9.19 Å². The Kier molecular flexibility index (Phi) is 8.04. The van der Waals surface area contributed by atoms with Crippen molar-refractivity contribution < 1.29 is 22.3 Å². The number of carbonyl (C=O) groups is 1. The maximum Gasteiger partial charge on any atom is 0.319 e. The zero-order valence-electron chi connectivity index (χ0n) is 26.5. The molecule has 2 atom stereocenters. The predicted octanol–water partition coefficient (Wildman–Crippen LogP) is 4.73. The number of aryl methyl sites for hydroxylation is 1. The SMILES string of the molecule is Cc1ncn(S(=O)(=O)c2ccc(NC(=O)COc3nc(N4C[C@H]5CC[C@@H](C4)N5)c4cnc(-c5cccc6cccc(Cl)c56)c(F)c4n3)cc2)n1. The van der Waals surface area contributed by atoms with Crippen molar-refractivity contribution in [1.29, 1.82) is 0 Å². The highest BCUT2D eigenvalue weighted by atomic mass is 35.5. The molecule has 0 saturated carbocycles. The van der Waals surface area contributed by atoms with Gasteiger partial charge in [0.2, 0.25) is 0 Å². The normalized spacial score (nSPS) is 17.4. The van der Waals surface area contributed by atoms with Crippen LogP contribution in [0.2, 0.25) is 5.02 Å². The monoisotopic (exact) mass is 713 g/mol. The van der Waals surface area contributed by atoms with E-state index in [1.165, 1.54) is 24.3 Å². The largest absolute Gasteiger partial charge is 0.453 e. The number of rotatable bonds is 8. The molecule has 2 N–H and O–H groups in total. The molecular formula is C34H29ClFN9O4S. The molecule has 16 heteroatoms. The van der Waals surface area contributed by atoms with Crippen LogP contribution in [-0.4, -0.2) is 75.2 Å². The lowest BCUT2D eigenvalue weighted by atomic mass is 10.0. The van der Waals surface area contributed by atoms with Crippen LogP contribution in [0, 0.1) is 12.7 Å². The van der Waals surface area contributed by atoms with Gasteiger partial charge in [0, 0.05) is 53.0 Å². The van der Waals surface area contributed by atoms with Gasteiger partial charge in [-0.1, -0.05) is 41.9 Å². The second-order valence-electron chi connectivity index (χ2n) is 12.2. The first kappa shape index (κ1) is 32.0. The van der Waals surface area contributed by atoms with Crippen molar-refractivity contribution in [2.75, 3.05) is 29.9 Å². The Morgan fingerprint density at radius 1 is 1.04 bits per heavy atom.